The highest BCUT2D eigenvalue weighted by Crippen LogP contribution is 2.27. The second kappa shape index (κ2) is 10.8. The molecule has 0 unspecified atom stereocenters. The van der Waals surface area contributed by atoms with Gasteiger partial charge in [0.15, 0.2) is 5.69 Å². The number of benzene rings is 2. The summed E-state index contributed by atoms with van der Waals surface area (Å²) in [6.45, 7) is 6.56. The van der Waals surface area contributed by atoms with Crippen molar-refractivity contribution in [1.29, 1.82) is 0 Å². The fourth-order valence-electron chi connectivity index (χ4n) is 5.56. The van der Waals surface area contributed by atoms with Crippen molar-refractivity contribution in [3.63, 3.8) is 0 Å². The van der Waals surface area contributed by atoms with Gasteiger partial charge in [-0.25, -0.2) is 0 Å². The first kappa shape index (κ1) is 23.8. The highest BCUT2D eigenvalue weighted by molar-refractivity contribution is 6.11. The maximum atomic E-state index is 13.2. The van der Waals surface area contributed by atoms with Gasteiger partial charge >= 0.3 is 0 Å². The number of nitrogens with one attached hydrogen (secondary N) is 2. The van der Waals surface area contributed by atoms with Crippen LogP contribution in [0.5, 0.6) is 0 Å². The number of amides is 1. The summed E-state index contributed by atoms with van der Waals surface area (Å²) in [5.41, 5.74) is 6.58. The molecule has 2 aliphatic rings. The average molecular weight is 495 g/mol. The van der Waals surface area contributed by atoms with Crippen LogP contribution in [0.1, 0.15) is 53.7 Å². The zero-order valence-electron chi connectivity index (χ0n) is 21.2. The average Bonchev–Trinajstić information content (AvgIpc) is 3.60. The molecular weight excluding hydrogens is 460 g/mol. The number of piperidine rings is 1. The van der Waals surface area contributed by atoms with Crippen molar-refractivity contribution in [2.45, 2.75) is 45.2 Å². The fraction of sp³-hybridized carbons (Fsp3) is 0.367. The van der Waals surface area contributed by atoms with Crippen molar-refractivity contribution >= 4 is 22.5 Å². The van der Waals surface area contributed by atoms with E-state index < -0.39 is 0 Å². The molecule has 190 valence electrons. The molecule has 7 nitrogen and oxygen atoms in total. The first-order valence-corrected chi connectivity index (χ1v) is 13.5. The van der Waals surface area contributed by atoms with Gasteiger partial charge in [0.05, 0.1) is 5.52 Å². The molecule has 0 aliphatic carbocycles. The van der Waals surface area contributed by atoms with Crippen LogP contribution in [0, 0.1) is 0 Å². The molecule has 2 aromatic carbocycles. The third-order valence-corrected chi connectivity index (χ3v) is 7.58. The largest absolute Gasteiger partial charge is 0.321 e. The molecule has 2 aromatic heterocycles. The SMILES string of the molecule is O=C(Nc1ccc(CN2CCCCC2)cc1)c1n[nH]c2ccc(-c3cncc(CN4CCCC4)c3)cc12. The summed E-state index contributed by atoms with van der Waals surface area (Å²) in [5, 5.41) is 11.2. The van der Waals surface area contributed by atoms with Crippen LogP contribution in [-0.2, 0) is 13.1 Å². The van der Waals surface area contributed by atoms with Gasteiger partial charge in [-0.1, -0.05) is 24.6 Å². The quantitative estimate of drug-likeness (QED) is 0.357. The normalized spacial score (nSPS) is 16.9. The van der Waals surface area contributed by atoms with Crippen LogP contribution >= 0.6 is 0 Å². The molecule has 7 heteroatoms. The van der Waals surface area contributed by atoms with Crippen LogP contribution in [0.3, 0.4) is 0 Å². The molecule has 2 fully saturated rings. The second-order valence-electron chi connectivity index (χ2n) is 10.4. The van der Waals surface area contributed by atoms with Gasteiger partial charge in [0.1, 0.15) is 0 Å². The number of hydrogen-bond donors (Lipinski definition) is 2. The van der Waals surface area contributed by atoms with Crippen molar-refractivity contribution in [1.82, 2.24) is 25.0 Å². The number of carbonyl (C=O) groups is 1. The van der Waals surface area contributed by atoms with Gasteiger partial charge < -0.3 is 5.32 Å². The van der Waals surface area contributed by atoms with Crippen molar-refractivity contribution in [2.24, 2.45) is 0 Å². The summed E-state index contributed by atoms with van der Waals surface area (Å²) >= 11 is 0. The van der Waals surface area contributed by atoms with E-state index >= 15 is 0 Å². The summed E-state index contributed by atoms with van der Waals surface area (Å²) < 4.78 is 0. The lowest BCUT2D eigenvalue weighted by Crippen LogP contribution is -2.29. The Morgan fingerprint density at radius 2 is 1.49 bits per heavy atom. The van der Waals surface area contributed by atoms with Crippen LogP contribution in [0.25, 0.3) is 22.0 Å². The van der Waals surface area contributed by atoms with E-state index in [1.165, 1.54) is 56.3 Å². The molecule has 1 amide bonds. The number of aromatic amines is 1. The molecule has 2 aliphatic heterocycles. The monoisotopic (exact) mass is 494 g/mol. The lowest BCUT2D eigenvalue weighted by atomic mass is 10.0. The van der Waals surface area contributed by atoms with Gasteiger partial charge in [0.2, 0.25) is 0 Å². The van der Waals surface area contributed by atoms with Crippen molar-refractivity contribution in [2.75, 3.05) is 31.5 Å². The molecule has 4 heterocycles. The fourth-order valence-corrected chi connectivity index (χ4v) is 5.56. The van der Waals surface area contributed by atoms with Crippen LogP contribution in [0.15, 0.2) is 60.9 Å². The molecule has 37 heavy (non-hydrogen) atoms. The number of fused-ring (bicyclic) bond motifs is 1. The van der Waals surface area contributed by atoms with Crippen molar-refractivity contribution in [3.05, 3.63) is 77.7 Å². The van der Waals surface area contributed by atoms with E-state index in [4.69, 9.17) is 0 Å². The minimum atomic E-state index is -0.215. The molecule has 0 spiro atoms. The maximum Gasteiger partial charge on any atom is 0.276 e. The predicted octanol–water partition coefficient (Wildman–Crippen LogP) is 5.46. The third kappa shape index (κ3) is 5.58. The zero-order valence-corrected chi connectivity index (χ0v) is 21.2. The van der Waals surface area contributed by atoms with Gasteiger partial charge in [0.25, 0.3) is 5.91 Å². The number of hydrogen-bond acceptors (Lipinski definition) is 5. The van der Waals surface area contributed by atoms with Crippen molar-refractivity contribution in [3.8, 4) is 11.1 Å². The Labute approximate surface area is 217 Å². The first-order chi connectivity index (χ1) is 18.2. The summed E-state index contributed by atoms with van der Waals surface area (Å²) in [4.78, 5) is 22.6. The van der Waals surface area contributed by atoms with Gasteiger partial charge in [-0.05, 0) is 98.9 Å². The smallest absolute Gasteiger partial charge is 0.276 e. The second-order valence-corrected chi connectivity index (χ2v) is 10.4. The van der Waals surface area contributed by atoms with Gasteiger partial charge in [-0.3, -0.25) is 24.7 Å². The summed E-state index contributed by atoms with van der Waals surface area (Å²) in [6, 6.07) is 16.4. The minimum absolute atomic E-state index is 0.215. The number of H-pyrrole nitrogens is 1. The molecule has 4 aromatic rings. The number of pyridine rings is 1. The van der Waals surface area contributed by atoms with E-state index in [0.717, 1.165) is 53.9 Å². The van der Waals surface area contributed by atoms with E-state index in [9.17, 15) is 4.79 Å². The molecule has 6 rings (SSSR count). The lowest BCUT2D eigenvalue weighted by Gasteiger charge is -2.26. The lowest BCUT2D eigenvalue weighted by molar-refractivity contribution is 0.102. The summed E-state index contributed by atoms with van der Waals surface area (Å²) in [6.07, 6.45) is 10.3. The highest BCUT2D eigenvalue weighted by atomic mass is 16.1. The third-order valence-electron chi connectivity index (χ3n) is 7.58. The molecule has 0 saturated carbocycles. The number of carbonyl (C=O) groups excluding carboxylic acids is 1. The zero-order chi connectivity index (χ0) is 25.0. The number of nitrogens with zero attached hydrogens (tertiary/aromatic N) is 4. The van der Waals surface area contributed by atoms with Gasteiger partial charge in [0, 0.05) is 42.1 Å². The van der Waals surface area contributed by atoms with Crippen LogP contribution in [0.2, 0.25) is 0 Å². The molecule has 2 N–H and O–H groups in total. The van der Waals surface area contributed by atoms with E-state index in [2.05, 4.69) is 54.6 Å². The number of anilines is 1. The Morgan fingerprint density at radius 1 is 0.784 bits per heavy atom. The van der Waals surface area contributed by atoms with E-state index in [-0.39, 0.29) is 5.91 Å². The Balaban J connectivity index is 1.17. The van der Waals surface area contributed by atoms with Crippen molar-refractivity contribution < 1.29 is 4.79 Å². The Morgan fingerprint density at radius 3 is 2.24 bits per heavy atom. The Bertz CT molecular complexity index is 1370. The number of rotatable bonds is 7. The minimum Gasteiger partial charge on any atom is -0.321 e. The van der Waals surface area contributed by atoms with E-state index in [1.807, 2.05) is 36.7 Å². The molecule has 2 saturated heterocycles. The summed E-state index contributed by atoms with van der Waals surface area (Å²) in [7, 11) is 0. The molecule has 0 atom stereocenters. The number of likely N-dealkylation sites (tertiary alicyclic amines) is 2. The molecule has 0 radical (unpaired) electrons. The van der Waals surface area contributed by atoms with E-state index in [1.54, 1.807) is 0 Å². The van der Waals surface area contributed by atoms with Crippen LogP contribution < -0.4 is 5.32 Å². The Kier molecular flexibility index (Phi) is 6.97. The first-order valence-electron chi connectivity index (χ1n) is 13.5. The maximum absolute atomic E-state index is 13.2. The number of aromatic nitrogens is 3. The molecule has 0 bridgehead atoms. The van der Waals surface area contributed by atoms with Crippen LogP contribution in [0.4, 0.5) is 5.69 Å². The van der Waals surface area contributed by atoms with Gasteiger partial charge in [-0.15, -0.1) is 0 Å². The standard InChI is InChI=1S/C30H34N6O/c37-30(32-26-9-6-22(7-10-26)20-35-12-2-1-3-13-35)29-27-17-24(8-11-28(27)33-34-29)25-16-23(18-31-19-25)21-36-14-4-5-15-36/h6-11,16-19H,1-5,12-15,20-21H2,(H,32,37)(H,33,34). The topological polar surface area (TPSA) is 77.1 Å². The summed E-state index contributed by atoms with van der Waals surface area (Å²) in [5.74, 6) is -0.215. The van der Waals surface area contributed by atoms with Gasteiger partial charge in [-0.2, -0.15) is 5.10 Å². The predicted molar refractivity (Wildman–Crippen MR) is 147 cm³/mol. The Hall–Kier alpha value is -3.55. The highest BCUT2D eigenvalue weighted by Gasteiger charge is 2.17. The van der Waals surface area contributed by atoms with E-state index in [0.29, 0.717) is 5.69 Å². The molecular formula is C30H34N6O. The van der Waals surface area contributed by atoms with Crippen LogP contribution in [-0.4, -0.2) is 57.1 Å².